The van der Waals surface area contributed by atoms with Crippen molar-refractivity contribution in [1.29, 1.82) is 0 Å². The van der Waals surface area contributed by atoms with E-state index in [1.165, 1.54) is 23.5 Å². The Morgan fingerprint density at radius 1 is 1.19 bits per heavy atom. The quantitative estimate of drug-likeness (QED) is 0.692. The number of rotatable bonds is 3. The van der Waals surface area contributed by atoms with Crippen LogP contribution in [0.2, 0.25) is 0 Å². The Hall–Kier alpha value is -2.37. The highest BCUT2D eigenvalue weighted by molar-refractivity contribution is 7.08. The largest absolute Gasteiger partial charge is 0.508 e. The summed E-state index contributed by atoms with van der Waals surface area (Å²) in [6.07, 6.45) is 0. The molecule has 2 aromatic carbocycles. The van der Waals surface area contributed by atoms with Crippen LogP contribution in [0.5, 0.6) is 5.75 Å². The molecule has 0 atom stereocenters. The van der Waals surface area contributed by atoms with Crippen LogP contribution in [0.25, 0.3) is 21.9 Å². The lowest BCUT2D eigenvalue weighted by Crippen LogP contribution is -2.05. The number of phenolic OH excluding ortho intramolecular Hbond substituents is 1. The van der Waals surface area contributed by atoms with E-state index in [-0.39, 0.29) is 17.9 Å². The van der Waals surface area contributed by atoms with E-state index in [1.54, 1.807) is 12.1 Å². The minimum absolute atomic E-state index is 0.0526. The van der Waals surface area contributed by atoms with Crippen molar-refractivity contribution < 1.29 is 20.1 Å². The minimum Gasteiger partial charge on any atom is -0.508 e. The Bertz CT molecular complexity index is 822. The Morgan fingerprint density at radius 2 is 2.00 bits per heavy atom. The average Bonchev–Trinajstić information content (AvgIpc) is 2.98. The first-order chi connectivity index (χ1) is 10.1. The SMILES string of the molecule is O=C(O)c1cc2cc(O)ccc2c(-c2ccsc2)c1CO. The number of carbonyl (C=O) groups is 1. The summed E-state index contributed by atoms with van der Waals surface area (Å²) in [6.45, 7) is -0.358. The van der Waals surface area contributed by atoms with Crippen LogP contribution in [-0.4, -0.2) is 21.3 Å². The fourth-order valence-electron chi connectivity index (χ4n) is 2.53. The molecule has 0 spiro atoms. The predicted molar refractivity (Wildman–Crippen MR) is 81.8 cm³/mol. The standard InChI is InChI=1S/C16H12O4S/c17-7-14-13(16(19)20)6-10-5-11(18)1-2-12(10)15(14)9-3-4-21-8-9/h1-6,8,17-18H,7H2,(H,19,20). The zero-order chi connectivity index (χ0) is 15.0. The predicted octanol–water partition coefficient (Wildman–Crippen LogP) is 3.46. The van der Waals surface area contributed by atoms with Crippen LogP contribution in [0.4, 0.5) is 0 Å². The molecule has 3 N–H and O–H groups in total. The van der Waals surface area contributed by atoms with Gasteiger partial charge in [-0.1, -0.05) is 6.07 Å². The molecule has 0 aliphatic heterocycles. The Morgan fingerprint density at radius 3 is 2.62 bits per heavy atom. The van der Waals surface area contributed by atoms with Crippen LogP contribution in [0, 0.1) is 0 Å². The average molecular weight is 300 g/mol. The summed E-state index contributed by atoms with van der Waals surface area (Å²) in [5.41, 5.74) is 2.01. The van der Waals surface area contributed by atoms with Gasteiger partial charge in [0.05, 0.1) is 12.2 Å². The molecule has 1 aromatic heterocycles. The molecular weight excluding hydrogens is 288 g/mol. The van der Waals surface area contributed by atoms with E-state index in [0.29, 0.717) is 16.5 Å². The number of phenols is 1. The van der Waals surface area contributed by atoms with E-state index >= 15 is 0 Å². The van der Waals surface area contributed by atoms with E-state index in [4.69, 9.17) is 0 Å². The summed E-state index contributed by atoms with van der Waals surface area (Å²) in [4.78, 5) is 11.5. The zero-order valence-electron chi connectivity index (χ0n) is 10.9. The van der Waals surface area contributed by atoms with Crippen LogP contribution < -0.4 is 0 Å². The van der Waals surface area contributed by atoms with Crippen LogP contribution in [0.3, 0.4) is 0 Å². The maximum Gasteiger partial charge on any atom is 0.336 e. The van der Waals surface area contributed by atoms with Crippen molar-refractivity contribution in [3.05, 3.63) is 52.2 Å². The number of aliphatic hydroxyl groups excluding tert-OH is 1. The van der Waals surface area contributed by atoms with Gasteiger partial charge in [-0.25, -0.2) is 4.79 Å². The first-order valence-corrected chi connectivity index (χ1v) is 7.21. The molecule has 0 unspecified atom stereocenters. The third-order valence-electron chi connectivity index (χ3n) is 3.43. The molecule has 0 aliphatic carbocycles. The van der Waals surface area contributed by atoms with E-state index in [1.807, 2.05) is 16.8 Å². The van der Waals surface area contributed by atoms with Gasteiger partial charge < -0.3 is 15.3 Å². The van der Waals surface area contributed by atoms with Crippen LogP contribution in [0.1, 0.15) is 15.9 Å². The fraction of sp³-hybridized carbons (Fsp3) is 0.0625. The molecule has 3 rings (SSSR count). The molecule has 0 bridgehead atoms. The maximum atomic E-state index is 11.5. The van der Waals surface area contributed by atoms with Gasteiger partial charge in [0.25, 0.3) is 0 Å². The molecule has 4 nitrogen and oxygen atoms in total. The molecule has 0 saturated heterocycles. The van der Waals surface area contributed by atoms with E-state index < -0.39 is 5.97 Å². The van der Waals surface area contributed by atoms with Crippen molar-refractivity contribution in [2.45, 2.75) is 6.61 Å². The lowest BCUT2D eigenvalue weighted by atomic mass is 9.91. The van der Waals surface area contributed by atoms with Crippen molar-refractivity contribution in [2.24, 2.45) is 0 Å². The molecule has 21 heavy (non-hydrogen) atoms. The zero-order valence-corrected chi connectivity index (χ0v) is 11.7. The summed E-state index contributed by atoms with van der Waals surface area (Å²) in [5.74, 6) is -1.02. The Kier molecular flexibility index (Phi) is 3.37. The van der Waals surface area contributed by atoms with Gasteiger partial charge in [-0.2, -0.15) is 11.3 Å². The van der Waals surface area contributed by atoms with Crippen LogP contribution in [0.15, 0.2) is 41.1 Å². The van der Waals surface area contributed by atoms with Crippen molar-refractivity contribution in [3.63, 3.8) is 0 Å². The smallest absolute Gasteiger partial charge is 0.336 e. The molecule has 0 radical (unpaired) electrons. The highest BCUT2D eigenvalue weighted by atomic mass is 32.1. The van der Waals surface area contributed by atoms with E-state index in [0.717, 1.165) is 10.9 Å². The number of carboxylic acid groups (broad SMARTS) is 1. The number of aromatic carboxylic acids is 1. The first kappa shape index (κ1) is 13.6. The van der Waals surface area contributed by atoms with Crippen molar-refractivity contribution in [1.82, 2.24) is 0 Å². The molecule has 0 aliphatic rings. The van der Waals surface area contributed by atoms with Crippen LogP contribution >= 0.6 is 11.3 Å². The summed E-state index contributed by atoms with van der Waals surface area (Å²) in [5, 5.41) is 33.9. The Balaban J connectivity index is 2.48. The van der Waals surface area contributed by atoms with Gasteiger partial charge in [-0.05, 0) is 56.9 Å². The second kappa shape index (κ2) is 5.20. The number of aromatic hydroxyl groups is 1. The second-order valence-corrected chi connectivity index (χ2v) is 5.44. The summed E-state index contributed by atoms with van der Waals surface area (Å²) < 4.78 is 0. The first-order valence-electron chi connectivity index (χ1n) is 6.27. The molecule has 0 fully saturated rings. The topological polar surface area (TPSA) is 77.8 Å². The second-order valence-electron chi connectivity index (χ2n) is 4.66. The monoisotopic (exact) mass is 300 g/mol. The number of fused-ring (bicyclic) bond motifs is 1. The minimum atomic E-state index is -1.10. The highest BCUT2D eigenvalue weighted by Crippen LogP contribution is 2.37. The third kappa shape index (κ3) is 2.26. The van der Waals surface area contributed by atoms with E-state index in [9.17, 15) is 20.1 Å². The van der Waals surface area contributed by atoms with E-state index in [2.05, 4.69) is 0 Å². The molecule has 0 amide bonds. The van der Waals surface area contributed by atoms with Crippen molar-refractivity contribution >= 4 is 28.1 Å². The number of carboxylic acids is 1. The number of hydrogen-bond donors (Lipinski definition) is 3. The van der Waals surface area contributed by atoms with Gasteiger partial charge in [0, 0.05) is 5.56 Å². The van der Waals surface area contributed by atoms with Crippen molar-refractivity contribution in [2.75, 3.05) is 0 Å². The highest BCUT2D eigenvalue weighted by Gasteiger charge is 2.19. The van der Waals surface area contributed by atoms with Gasteiger partial charge in [-0.3, -0.25) is 0 Å². The van der Waals surface area contributed by atoms with Gasteiger partial charge in [0.2, 0.25) is 0 Å². The lowest BCUT2D eigenvalue weighted by Gasteiger charge is -2.14. The van der Waals surface area contributed by atoms with Crippen LogP contribution in [-0.2, 0) is 6.61 Å². The summed E-state index contributed by atoms with van der Waals surface area (Å²) in [7, 11) is 0. The molecule has 3 aromatic rings. The van der Waals surface area contributed by atoms with Gasteiger partial charge in [0.15, 0.2) is 0 Å². The number of aliphatic hydroxyl groups is 1. The molecule has 106 valence electrons. The van der Waals surface area contributed by atoms with Gasteiger partial charge in [0.1, 0.15) is 5.75 Å². The number of thiophene rings is 1. The third-order valence-corrected chi connectivity index (χ3v) is 4.11. The molecular formula is C16H12O4S. The van der Waals surface area contributed by atoms with Gasteiger partial charge in [-0.15, -0.1) is 0 Å². The number of hydrogen-bond acceptors (Lipinski definition) is 4. The van der Waals surface area contributed by atoms with Crippen molar-refractivity contribution in [3.8, 4) is 16.9 Å². The summed E-state index contributed by atoms with van der Waals surface area (Å²) in [6, 6.07) is 8.19. The molecule has 5 heteroatoms. The lowest BCUT2D eigenvalue weighted by molar-refractivity contribution is 0.0693. The summed E-state index contributed by atoms with van der Waals surface area (Å²) >= 11 is 1.50. The Labute approximate surface area is 124 Å². The fourth-order valence-corrected chi connectivity index (χ4v) is 3.18. The normalized spacial score (nSPS) is 10.9. The molecule has 0 saturated carbocycles. The molecule has 1 heterocycles. The van der Waals surface area contributed by atoms with Gasteiger partial charge >= 0.3 is 5.97 Å². The maximum absolute atomic E-state index is 11.5. The number of benzene rings is 2.